The van der Waals surface area contributed by atoms with Gasteiger partial charge in [0.15, 0.2) is 5.72 Å². The van der Waals surface area contributed by atoms with Gasteiger partial charge < -0.3 is 15.3 Å². The van der Waals surface area contributed by atoms with Crippen LogP contribution in [0.1, 0.15) is 25.3 Å². The molecule has 0 aromatic heterocycles. The smallest absolute Gasteiger partial charge is 0.181 e. The van der Waals surface area contributed by atoms with E-state index in [0.717, 1.165) is 55.3 Å². The molecule has 0 spiro atoms. The molecule has 25 heavy (non-hydrogen) atoms. The van der Waals surface area contributed by atoms with E-state index in [9.17, 15) is 10.4 Å². The Balaban J connectivity index is 1.86. The molecule has 3 aliphatic rings. The number of aliphatic hydroxyl groups is 1. The van der Waals surface area contributed by atoms with Gasteiger partial charge in [-0.1, -0.05) is 18.2 Å². The molecule has 0 unspecified atom stereocenters. The number of nitrogens with zero attached hydrogens (tertiary/aromatic N) is 3. The Bertz CT molecular complexity index is 822. The molecule has 128 valence electrons. The number of hydrogen-bond acceptors (Lipinski definition) is 5. The average Bonchev–Trinajstić information content (AvgIpc) is 3.15. The van der Waals surface area contributed by atoms with Crippen LogP contribution in [0.2, 0.25) is 0 Å². The second kappa shape index (κ2) is 5.98. The number of benzene rings is 1. The van der Waals surface area contributed by atoms with Gasteiger partial charge >= 0.3 is 0 Å². The molecule has 3 heterocycles. The second-order valence-electron chi connectivity index (χ2n) is 6.83. The number of allylic oxidation sites excluding steroid dienone is 3. The third-order valence-electron chi connectivity index (χ3n) is 5.07. The molecule has 2 N–H and O–H groups in total. The zero-order valence-corrected chi connectivity index (χ0v) is 14.4. The maximum absolute atomic E-state index is 11.5. The molecule has 0 bridgehead atoms. The van der Waals surface area contributed by atoms with Crippen LogP contribution in [-0.4, -0.2) is 35.4 Å². The molecule has 5 nitrogen and oxygen atoms in total. The van der Waals surface area contributed by atoms with Crippen molar-refractivity contribution < 1.29 is 5.11 Å². The largest absolute Gasteiger partial charge is 0.371 e. The zero-order chi connectivity index (χ0) is 17.4. The molecule has 1 aromatic rings. The fourth-order valence-electron chi connectivity index (χ4n) is 3.91. The molecule has 1 aromatic carbocycles. The molecule has 5 heteroatoms. The predicted molar refractivity (Wildman–Crippen MR) is 97.3 cm³/mol. The van der Waals surface area contributed by atoms with Crippen LogP contribution in [0.5, 0.6) is 0 Å². The summed E-state index contributed by atoms with van der Waals surface area (Å²) in [5.41, 5.74) is 2.18. The normalized spacial score (nSPS) is 25.4. The monoisotopic (exact) mass is 334 g/mol. The highest BCUT2D eigenvalue weighted by atomic mass is 16.3. The summed E-state index contributed by atoms with van der Waals surface area (Å²) >= 11 is 0. The first kappa shape index (κ1) is 15.8. The molecule has 1 atom stereocenters. The predicted octanol–water partition coefficient (Wildman–Crippen LogP) is 2.44. The molecule has 0 aliphatic carbocycles. The minimum atomic E-state index is -1.19. The topological polar surface area (TPSA) is 62.5 Å². The molecule has 0 saturated carbocycles. The Hall–Kier alpha value is -2.71. The van der Waals surface area contributed by atoms with Gasteiger partial charge in [0.05, 0.1) is 17.3 Å². The zero-order valence-electron chi connectivity index (χ0n) is 14.4. The molecule has 0 amide bonds. The van der Waals surface area contributed by atoms with Crippen LogP contribution >= 0.6 is 0 Å². The lowest BCUT2D eigenvalue weighted by molar-refractivity contribution is 0.0671. The maximum Gasteiger partial charge on any atom is 0.181 e. The van der Waals surface area contributed by atoms with Gasteiger partial charge in [-0.3, -0.25) is 4.90 Å². The van der Waals surface area contributed by atoms with Gasteiger partial charge in [0, 0.05) is 30.9 Å². The van der Waals surface area contributed by atoms with E-state index in [4.69, 9.17) is 0 Å². The number of anilines is 1. The number of hydrogen-bond donors (Lipinski definition) is 2. The number of likely N-dealkylation sites (tertiary alicyclic amines) is 1. The number of dihydropyridines is 1. The lowest BCUT2D eigenvalue weighted by atomic mass is 9.96. The van der Waals surface area contributed by atoms with Crippen molar-refractivity contribution in [2.24, 2.45) is 0 Å². The van der Waals surface area contributed by atoms with Crippen molar-refractivity contribution in [3.63, 3.8) is 0 Å². The van der Waals surface area contributed by atoms with Crippen LogP contribution in [0.25, 0.3) is 0 Å². The van der Waals surface area contributed by atoms with Gasteiger partial charge in [-0.05, 0) is 44.0 Å². The van der Waals surface area contributed by atoms with Crippen LogP contribution in [0.4, 0.5) is 5.69 Å². The average molecular weight is 334 g/mol. The van der Waals surface area contributed by atoms with E-state index in [-0.39, 0.29) is 0 Å². The lowest BCUT2D eigenvalue weighted by Crippen LogP contribution is -2.56. The van der Waals surface area contributed by atoms with Crippen LogP contribution in [-0.2, 0) is 0 Å². The van der Waals surface area contributed by atoms with Gasteiger partial charge in [0.2, 0.25) is 0 Å². The Morgan fingerprint density at radius 3 is 2.84 bits per heavy atom. The third kappa shape index (κ3) is 2.59. The van der Waals surface area contributed by atoms with Crippen molar-refractivity contribution in [2.75, 3.05) is 24.5 Å². The van der Waals surface area contributed by atoms with Crippen molar-refractivity contribution in [1.82, 2.24) is 10.2 Å². The number of nitrogens with one attached hydrogen (secondary N) is 1. The SMILES string of the molecule is C[C@]1(O)C(N2CCCC2)=CC2=C(NCC=C2)N1c1cccc(C#N)c1. The highest BCUT2D eigenvalue weighted by molar-refractivity contribution is 5.64. The molecule has 1 saturated heterocycles. The molecule has 4 rings (SSSR count). The Morgan fingerprint density at radius 1 is 1.28 bits per heavy atom. The minimum Gasteiger partial charge on any atom is -0.371 e. The molecule has 1 fully saturated rings. The first-order valence-corrected chi connectivity index (χ1v) is 8.76. The fourth-order valence-corrected chi connectivity index (χ4v) is 3.91. The standard InChI is InChI=1S/C20H22N4O/c1-20(25)18(23-10-2-3-11-23)13-16-7-5-9-22-19(16)24(20)17-8-4-6-15(12-17)14-21/h4-8,12-13,22,25H,2-3,9-11H2,1H3/t20-/m0/s1. The first-order chi connectivity index (χ1) is 12.1. The summed E-state index contributed by atoms with van der Waals surface area (Å²) in [5.74, 6) is 0.880. The van der Waals surface area contributed by atoms with E-state index in [2.05, 4.69) is 34.5 Å². The third-order valence-corrected chi connectivity index (χ3v) is 5.07. The van der Waals surface area contributed by atoms with Crippen molar-refractivity contribution in [2.45, 2.75) is 25.5 Å². The summed E-state index contributed by atoms with van der Waals surface area (Å²) in [6, 6.07) is 9.59. The number of rotatable bonds is 2. The van der Waals surface area contributed by atoms with E-state index in [1.54, 1.807) is 6.07 Å². The Kier molecular flexibility index (Phi) is 3.78. The quantitative estimate of drug-likeness (QED) is 0.870. The molecular weight excluding hydrogens is 312 g/mol. The van der Waals surface area contributed by atoms with Crippen molar-refractivity contribution in [1.29, 1.82) is 5.26 Å². The fraction of sp³-hybridized carbons (Fsp3) is 0.350. The van der Waals surface area contributed by atoms with Crippen LogP contribution < -0.4 is 10.2 Å². The lowest BCUT2D eigenvalue weighted by Gasteiger charge is -2.47. The van der Waals surface area contributed by atoms with E-state index in [1.807, 2.05) is 30.0 Å². The van der Waals surface area contributed by atoms with Crippen molar-refractivity contribution >= 4 is 5.69 Å². The second-order valence-corrected chi connectivity index (χ2v) is 6.83. The summed E-state index contributed by atoms with van der Waals surface area (Å²) in [5, 5.41) is 24.2. The number of nitriles is 1. The van der Waals surface area contributed by atoms with Gasteiger partial charge in [-0.15, -0.1) is 0 Å². The highest BCUT2D eigenvalue weighted by Gasteiger charge is 2.43. The summed E-state index contributed by atoms with van der Waals surface area (Å²) in [6.45, 7) is 4.48. The van der Waals surface area contributed by atoms with Crippen LogP contribution in [0.3, 0.4) is 0 Å². The maximum atomic E-state index is 11.5. The molecular formula is C20H22N4O. The molecule has 3 aliphatic heterocycles. The summed E-state index contributed by atoms with van der Waals surface area (Å²) in [7, 11) is 0. The van der Waals surface area contributed by atoms with Crippen LogP contribution in [0, 0.1) is 11.3 Å². The highest BCUT2D eigenvalue weighted by Crippen LogP contribution is 2.40. The van der Waals surface area contributed by atoms with Crippen molar-refractivity contribution in [3.8, 4) is 6.07 Å². The van der Waals surface area contributed by atoms with Gasteiger partial charge in [-0.25, -0.2) is 0 Å². The summed E-state index contributed by atoms with van der Waals surface area (Å²) in [4.78, 5) is 4.19. The first-order valence-electron chi connectivity index (χ1n) is 8.76. The van der Waals surface area contributed by atoms with E-state index in [0.29, 0.717) is 5.56 Å². The minimum absolute atomic E-state index is 0.582. The Labute approximate surface area is 148 Å². The van der Waals surface area contributed by atoms with E-state index in [1.165, 1.54) is 0 Å². The van der Waals surface area contributed by atoms with Gasteiger partial charge in [0.25, 0.3) is 0 Å². The van der Waals surface area contributed by atoms with E-state index < -0.39 is 5.72 Å². The van der Waals surface area contributed by atoms with Gasteiger partial charge in [0.1, 0.15) is 5.82 Å². The van der Waals surface area contributed by atoms with Crippen LogP contribution in [0.15, 0.2) is 59.6 Å². The molecule has 0 radical (unpaired) electrons. The summed E-state index contributed by atoms with van der Waals surface area (Å²) in [6.07, 6.45) is 8.57. The summed E-state index contributed by atoms with van der Waals surface area (Å²) < 4.78 is 0. The Morgan fingerprint density at radius 2 is 2.08 bits per heavy atom. The van der Waals surface area contributed by atoms with Gasteiger partial charge in [-0.2, -0.15) is 5.26 Å². The van der Waals surface area contributed by atoms with E-state index >= 15 is 0 Å². The van der Waals surface area contributed by atoms with Crippen molar-refractivity contribution in [3.05, 3.63) is 65.1 Å².